The quantitative estimate of drug-likeness (QED) is 0.539. The first-order chi connectivity index (χ1) is 6.23. The molecule has 0 N–H and O–H groups in total. The lowest BCUT2D eigenvalue weighted by molar-refractivity contribution is 0.0769. The molecule has 80 valence electrons. The highest BCUT2D eigenvalue weighted by Gasteiger charge is 2.44. The lowest BCUT2D eigenvalue weighted by Gasteiger charge is -2.50. The summed E-state index contributed by atoms with van der Waals surface area (Å²) >= 11 is 0. The molecule has 0 aromatic rings. The second-order valence-corrected chi connectivity index (χ2v) is 5.97. The van der Waals surface area contributed by atoms with Crippen LogP contribution in [0.5, 0.6) is 0 Å². The predicted octanol–water partition coefficient (Wildman–Crippen LogP) is 4.44. The van der Waals surface area contributed by atoms with Crippen molar-refractivity contribution in [2.75, 3.05) is 0 Å². The monoisotopic (exact) mass is 192 g/mol. The van der Waals surface area contributed by atoms with Crippen LogP contribution in [0.25, 0.3) is 0 Å². The third kappa shape index (κ3) is 1.55. The van der Waals surface area contributed by atoms with Crippen LogP contribution in [0.3, 0.4) is 0 Å². The van der Waals surface area contributed by atoms with Gasteiger partial charge in [-0.2, -0.15) is 0 Å². The van der Waals surface area contributed by atoms with Crippen molar-refractivity contribution in [3.8, 4) is 0 Å². The molecule has 0 aromatic carbocycles. The standard InChI is InChI=1S/C14H24/c1-8-12-10(2)9-13(4,5)11(3)14(12,6)7/h8-9,11-12H,1H2,2-7H3. The molecule has 0 spiro atoms. The number of allylic oxidation sites excluding steroid dienone is 3. The van der Waals surface area contributed by atoms with Crippen molar-refractivity contribution in [2.45, 2.75) is 41.5 Å². The van der Waals surface area contributed by atoms with Crippen LogP contribution in [0.2, 0.25) is 0 Å². The van der Waals surface area contributed by atoms with E-state index in [2.05, 4.69) is 60.3 Å². The molecule has 14 heavy (non-hydrogen) atoms. The first kappa shape index (κ1) is 11.6. The van der Waals surface area contributed by atoms with E-state index in [1.165, 1.54) is 5.57 Å². The zero-order chi connectivity index (χ0) is 11.1. The molecule has 1 aliphatic rings. The molecule has 2 unspecified atom stereocenters. The Morgan fingerprint density at radius 1 is 1.29 bits per heavy atom. The molecule has 0 bridgehead atoms. The van der Waals surface area contributed by atoms with E-state index in [0.29, 0.717) is 22.7 Å². The van der Waals surface area contributed by atoms with Crippen molar-refractivity contribution in [3.63, 3.8) is 0 Å². The first-order valence-electron chi connectivity index (χ1n) is 5.55. The Labute approximate surface area is 89.1 Å². The summed E-state index contributed by atoms with van der Waals surface area (Å²) in [5.41, 5.74) is 2.12. The fraction of sp³-hybridized carbons (Fsp3) is 0.714. The molecular weight excluding hydrogens is 168 g/mol. The molecule has 0 radical (unpaired) electrons. The Morgan fingerprint density at radius 3 is 2.21 bits per heavy atom. The van der Waals surface area contributed by atoms with Gasteiger partial charge in [0.25, 0.3) is 0 Å². The molecule has 0 fully saturated rings. The second-order valence-electron chi connectivity index (χ2n) is 5.97. The molecule has 0 heteroatoms. The Kier molecular flexibility index (Phi) is 2.69. The molecule has 0 saturated carbocycles. The van der Waals surface area contributed by atoms with Gasteiger partial charge in [-0.15, -0.1) is 6.58 Å². The fourth-order valence-corrected chi connectivity index (χ4v) is 3.11. The van der Waals surface area contributed by atoms with Gasteiger partial charge in [0.05, 0.1) is 0 Å². The van der Waals surface area contributed by atoms with Crippen LogP contribution in [0.4, 0.5) is 0 Å². The van der Waals surface area contributed by atoms with Gasteiger partial charge in [0.2, 0.25) is 0 Å². The molecular formula is C14H24. The summed E-state index contributed by atoms with van der Waals surface area (Å²) in [6.45, 7) is 18.0. The highest BCUT2D eigenvalue weighted by Crippen LogP contribution is 2.52. The van der Waals surface area contributed by atoms with Crippen LogP contribution < -0.4 is 0 Å². The van der Waals surface area contributed by atoms with E-state index >= 15 is 0 Å². The second kappa shape index (κ2) is 3.25. The largest absolute Gasteiger partial charge is 0.102 e. The Bertz CT molecular complexity index is 266. The zero-order valence-corrected chi connectivity index (χ0v) is 10.5. The molecule has 0 aliphatic heterocycles. The summed E-state index contributed by atoms with van der Waals surface area (Å²) in [6, 6.07) is 0. The zero-order valence-electron chi connectivity index (χ0n) is 10.5. The van der Waals surface area contributed by atoms with E-state index < -0.39 is 0 Å². The summed E-state index contributed by atoms with van der Waals surface area (Å²) < 4.78 is 0. The van der Waals surface area contributed by atoms with Gasteiger partial charge in [0.1, 0.15) is 0 Å². The third-order valence-electron chi connectivity index (χ3n) is 4.36. The van der Waals surface area contributed by atoms with Crippen LogP contribution in [-0.4, -0.2) is 0 Å². The van der Waals surface area contributed by atoms with Gasteiger partial charge in [-0.3, -0.25) is 0 Å². The summed E-state index contributed by atoms with van der Waals surface area (Å²) in [7, 11) is 0. The minimum atomic E-state index is 0.313. The van der Waals surface area contributed by atoms with Gasteiger partial charge in [-0.25, -0.2) is 0 Å². The molecule has 0 amide bonds. The van der Waals surface area contributed by atoms with E-state index in [9.17, 15) is 0 Å². The fourth-order valence-electron chi connectivity index (χ4n) is 3.11. The Morgan fingerprint density at radius 2 is 1.79 bits per heavy atom. The topological polar surface area (TPSA) is 0 Å². The van der Waals surface area contributed by atoms with Gasteiger partial charge in [-0.05, 0) is 23.7 Å². The molecule has 1 rings (SSSR count). The molecule has 0 nitrogen and oxygen atoms in total. The normalized spacial score (nSPS) is 34.9. The Balaban J connectivity index is 3.23. The average molecular weight is 192 g/mol. The highest BCUT2D eigenvalue weighted by molar-refractivity contribution is 5.23. The van der Waals surface area contributed by atoms with Crippen LogP contribution in [-0.2, 0) is 0 Å². The Hall–Kier alpha value is -0.520. The van der Waals surface area contributed by atoms with Crippen molar-refractivity contribution in [1.82, 2.24) is 0 Å². The van der Waals surface area contributed by atoms with E-state index in [4.69, 9.17) is 0 Å². The van der Waals surface area contributed by atoms with Crippen molar-refractivity contribution >= 4 is 0 Å². The smallest absolute Gasteiger partial charge is 0.00256 e. The SMILES string of the molecule is C=CC1C(C)=CC(C)(C)C(C)C1(C)C. The van der Waals surface area contributed by atoms with E-state index in [-0.39, 0.29) is 0 Å². The van der Waals surface area contributed by atoms with Crippen molar-refractivity contribution in [1.29, 1.82) is 0 Å². The first-order valence-corrected chi connectivity index (χ1v) is 5.55. The van der Waals surface area contributed by atoms with Gasteiger partial charge in [-0.1, -0.05) is 52.3 Å². The summed E-state index contributed by atoms with van der Waals surface area (Å²) in [6.07, 6.45) is 4.53. The molecule has 1 aliphatic carbocycles. The van der Waals surface area contributed by atoms with E-state index in [1.807, 2.05) is 0 Å². The summed E-state index contributed by atoms with van der Waals surface area (Å²) in [4.78, 5) is 0. The lowest BCUT2D eigenvalue weighted by Crippen LogP contribution is -2.42. The van der Waals surface area contributed by atoms with Gasteiger partial charge < -0.3 is 0 Å². The van der Waals surface area contributed by atoms with Crippen molar-refractivity contribution in [2.24, 2.45) is 22.7 Å². The molecule has 2 atom stereocenters. The van der Waals surface area contributed by atoms with E-state index in [0.717, 1.165) is 0 Å². The maximum Gasteiger partial charge on any atom is 0.00256 e. The summed E-state index contributed by atoms with van der Waals surface area (Å²) in [5.74, 6) is 1.22. The van der Waals surface area contributed by atoms with Crippen molar-refractivity contribution < 1.29 is 0 Å². The van der Waals surface area contributed by atoms with E-state index in [1.54, 1.807) is 0 Å². The number of rotatable bonds is 1. The third-order valence-corrected chi connectivity index (χ3v) is 4.36. The number of hydrogen-bond donors (Lipinski definition) is 0. The minimum absolute atomic E-state index is 0.313. The highest BCUT2D eigenvalue weighted by atomic mass is 14.5. The average Bonchev–Trinajstić information content (AvgIpc) is 2.00. The number of hydrogen-bond acceptors (Lipinski definition) is 0. The predicted molar refractivity (Wildman–Crippen MR) is 64.2 cm³/mol. The van der Waals surface area contributed by atoms with Gasteiger partial charge in [0, 0.05) is 5.92 Å². The summed E-state index contributed by atoms with van der Waals surface area (Å²) in [5, 5.41) is 0. The van der Waals surface area contributed by atoms with Crippen molar-refractivity contribution in [3.05, 3.63) is 24.3 Å². The molecule has 0 saturated heterocycles. The van der Waals surface area contributed by atoms with Crippen LogP contribution in [0.15, 0.2) is 24.3 Å². The lowest BCUT2D eigenvalue weighted by atomic mass is 9.55. The van der Waals surface area contributed by atoms with Crippen LogP contribution >= 0.6 is 0 Å². The van der Waals surface area contributed by atoms with Gasteiger partial charge in [0.15, 0.2) is 0 Å². The van der Waals surface area contributed by atoms with Crippen LogP contribution in [0, 0.1) is 22.7 Å². The van der Waals surface area contributed by atoms with Crippen LogP contribution in [0.1, 0.15) is 41.5 Å². The maximum absolute atomic E-state index is 3.97. The van der Waals surface area contributed by atoms with Gasteiger partial charge >= 0.3 is 0 Å². The maximum atomic E-state index is 3.97. The molecule has 0 heterocycles. The molecule has 0 aromatic heterocycles. The minimum Gasteiger partial charge on any atom is -0.102 e.